The van der Waals surface area contributed by atoms with E-state index in [4.69, 9.17) is 9.15 Å². The third-order valence-electron chi connectivity index (χ3n) is 4.38. The Hall–Kier alpha value is -3.45. The average molecular weight is 406 g/mol. The van der Waals surface area contributed by atoms with Crippen LogP contribution >= 0.6 is 11.3 Å². The lowest BCUT2D eigenvalue weighted by atomic mass is 10.1. The van der Waals surface area contributed by atoms with Crippen LogP contribution in [-0.2, 0) is 6.61 Å². The molecule has 0 radical (unpaired) electrons. The van der Waals surface area contributed by atoms with Gasteiger partial charge in [-0.2, -0.15) is 0 Å². The maximum atomic E-state index is 12.8. The first-order chi connectivity index (χ1) is 14.0. The second kappa shape index (κ2) is 7.89. The van der Waals surface area contributed by atoms with Crippen molar-refractivity contribution < 1.29 is 13.9 Å². The molecule has 146 valence electrons. The molecule has 0 bridgehead atoms. The molecule has 0 unspecified atom stereocenters. The van der Waals surface area contributed by atoms with Crippen molar-refractivity contribution in [2.75, 3.05) is 5.32 Å². The van der Waals surface area contributed by atoms with Crippen LogP contribution in [-0.4, -0.2) is 10.9 Å². The number of aryl methyl sites for hydroxylation is 2. The normalized spacial score (nSPS) is 10.8. The van der Waals surface area contributed by atoms with Crippen molar-refractivity contribution in [2.45, 2.75) is 20.5 Å². The molecule has 6 nitrogen and oxygen atoms in total. The first-order valence-electron chi connectivity index (χ1n) is 8.98. The van der Waals surface area contributed by atoms with Crippen LogP contribution in [0, 0.1) is 13.8 Å². The van der Waals surface area contributed by atoms with Crippen LogP contribution in [0.2, 0.25) is 0 Å². The summed E-state index contributed by atoms with van der Waals surface area (Å²) in [6, 6.07) is 13.7. The molecule has 2 heterocycles. The average Bonchev–Trinajstić information content (AvgIpc) is 3.11. The molecule has 0 saturated carbocycles. The zero-order valence-electron chi connectivity index (χ0n) is 15.9. The van der Waals surface area contributed by atoms with Crippen LogP contribution in [0.3, 0.4) is 0 Å². The van der Waals surface area contributed by atoms with Gasteiger partial charge in [0.2, 0.25) is 0 Å². The van der Waals surface area contributed by atoms with Crippen molar-refractivity contribution in [3.05, 3.63) is 86.2 Å². The Morgan fingerprint density at radius 1 is 1.17 bits per heavy atom. The summed E-state index contributed by atoms with van der Waals surface area (Å²) in [6.07, 6.45) is 0. The highest BCUT2D eigenvalue weighted by Gasteiger charge is 2.14. The van der Waals surface area contributed by atoms with Crippen LogP contribution < -0.4 is 15.7 Å². The number of para-hydroxylation sites is 1. The number of anilines is 1. The van der Waals surface area contributed by atoms with Crippen LogP contribution in [0.5, 0.6) is 5.75 Å². The zero-order valence-corrected chi connectivity index (χ0v) is 16.7. The van der Waals surface area contributed by atoms with E-state index in [9.17, 15) is 9.59 Å². The Labute approximate surface area is 170 Å². The van der Waals surface area contributed by atoms with E-state index in [1.54, 1.807) is 41.7 Å². The number of hydrogen-bond donors (Lipinski definition) is 1. The van der Waals surface area contributed by atoms with Crippen LogP contribution in [0.1, 0.15) is 26.6 Å². The fourth-order valence-corrected chi connectivity index (χ4v) is 3.60. The van der Waals surface area contributed by atoms with Gasteiger partial charge in [0, 0.05) is 28.6 Å². The van der Waals surface area contributed by atoms with Gasteiger partial charge in [-0.15, -0.1) is 11.3 Å². The lowest BCUT2D eigenvalue weighted by molar-refractivity contribution is 0.102. The first kappa shape index (κ1) is 18.9. The smallest absolute Gasteiger partial charge is 0.336 e. The number of amides is 1. The van der Waals surface area contributed by atoms with Crippen LogP contribution in [0.25, 0.3) is 11.0 Å². The maximum absolute atomic E-state index is 12.8. The number of nitrogens with one attached hydrogen (secondary N) is 1. The second-order valence-electron chi connectivity index (χ2n) is 6.56. The van der Waals surface area contributed by atoms with Crippen LogP contribution in [0.15, 0.2) is 63.1 Å². The van der Waals surface area contributed by atoms with Crippen LogP contribution in [0.4, 0.5) is 5.69 Å². The van der Waals surface area contributed by atoms with Gasteiger partial charge in [0.25, 0.3) is 5.91 Å². The van der Waals surface area contributed by atoms with Gasteiger partial charge in [-0.3, -0.25) is 4.79 Å². The molecule has 0 spiro atoms. The maximum Gasteiger partial charge on any atom is 0.336 e. The van der Waals surface area contributed by atoms with Gasteiger partial charge in [0.15, 0.2) is 0 Å². The van der Waals surface area contributed by atoms with Gasteiger partial charge in [0.1, 0.15) is 17.9 Å². The number of fused-ring (bicyclic) bond motifs is 1. The number of aromatic nitrogens is 1. The first-order valence-corrected chi connectivity index (χ1v) is 9.86. The Bertz CT molecular complexity index is 1260. The Morgan fingerprint density at radius 3 is 2.79 bits per heavy atom. The van der Waals surface area contributed by atoms with E-state index in [0.29, 0.717) is 22.6 Å². The summed E-state index contributed by atoms with van der Waals surface area (Å²) in [5.74, 6) is 0.156. The number of carbonyl (C=O) groups excluding carboxylic acids is 1. The topological polar surface area (TPSA) is 81.4 Å². The van der Waals surface area contributed by atoms with Gasteiger partial charge < -0.3 is 14.5 Å². The molecule has 2 aromatic carbocycles. The SMILES string of the molecule is Cc1nc(COc2ccccc2C(=O)Nc2ccc3c(C)cc(=O)oc3c2)cs1. The lowest BCUT2D eigenvalue weighted by Crippen LogP contribution is -2.13. The molecule has 1 N–H and O–H groups in total. The van der Waals surface area contributed by atoms with Gasteiger partial charge in [-0.25, -0.2) is 9.78 Å². The number of nitrogens with zero attached hydrogens (tertiary/aromatic N) is 1. The molecule has 0 aliphatic carbocycles. The minimum Gasteiger partial charge on any atom is -0.486 e. The van der Waals surface area contributed by atoms with Crippen molar-refractivity contribution in [2.24, 2.45) is 0 Å². The standard InChI is InChI=1S/C22H18N2O4S/c1-13-9-21(25)28-20-10-15(7-8-17(13)20)24-22(26)18-5-3-4-6-19(18)27-11-16-12-29-14(2)23-16/h3-10,12H,11H2,1-2H3,(H,24,26). The second-order valence-corrected chi connectivity index (χ2v) is 7.62. The summed E-state index contributed by atoms with van der Waals surface area (Å²) in [4.78, 5) is 28.8. The number of carbonyl (C=O) groups is 1. The Morgan fingerprint density at radius 2 is 2.00 bits per heavy atom. The van der Waals surface area contributed by atoms with Gasteiger partial charge >= 0.3 is 5.63 Å². The van der Waals surface area contributed by atoms with E-state index in [-0.39, 0.29) is 12.5 Å². The highest BCUT2D eigenvalue weighted by Crippen LogP contribution is 2.24. The fraction of sp³-hybridized carbons (Fsp3) is 0.136. The largest absolute Gasteiger partial charge is 0.486 e. The lowest BCUT2D eigenvalue weighted by Gasteiger charge is -2.11. The third-order valence-corrected chi connectivity index (χ3v) is 5.21. The predicted octanol–water partition coefficient (Wildman–Crippen LogP) is 4.70. The molecule has 0 saturated heterocycles. The molecule has 0 atom stereocenters. The number of thiazole rings is 1. The minimum atomic E-state index is -0.422. The van der Waals surface area contributed by atoms with E-state index >= 15 is 0 Å². The number of benzene rings is 2. The predicted molar refractivity (Wildman–Crippen MR) is 113 cm³/mol. The molecule has 7 heteroatoms. The van der Waals surface area contributed by atoms with Gasteiger partial charge in [-0.1, -0.05) is 12.1 Å². The summed E-state index contributed by atoms with van der Waals surface area (Å²) in [5.41, 5.74) is 2.59. The summed E-state index contributed by atoms with van der Waals surface area (Å²) < 4.78 is 11.1. The zero-order chi connectivity index (χ0) is 20.4. The summed E-state index contributed by atoms with van der Waals surface area (Å²) in [6.45, 7) is 4.06. The van der Waals surface area contributed by atoms with Gasteiger partial charge in [-0.05, 0) is 43.7 Å². The highest BCUT2D eigenvalue weighted by molar-refractivity contribution is 7.09. The number of ether oxygens (including phenoxy) is 1. The summed E-state index contributed by atoms with van der Waals surface area (Å²) in [7, 11) is 0. The highest BCUT2D eigenvalue weighted by atomic mass is 32.1. The number of rotatable bonds is 5. The molecule has 0 aliphatic heterocycles. The number of hydrogen-bond acceptors (Lipinski definition) is 6. The van der Waals surface area contributed by atoms with E-state index in [2.05, 4.69) is 10.3 Å². The summed E-state index contributed by atoms with van der Waals surface area (Å²) in [5, 5.41) is 6.56. The molecule has 29 heavy (non-hydrogen) atoms. The molecule has 1 amide bonds. The van der Waals surface area contributed by atoms with Crippen molar-refractivity contribution in [3.63, 3.8) is 0 Å². The molecule has 2 aromatic heterocycles. The van der Waals surface area contributed by atoms with Crippen molar-refractivity contribution >= 4 is 33.9 Å². The molecule has 0 fully saturated rings. The Kier molecular flexibility index (Phi) is 5.14. The van der Waals surface area contributed by atoms with E-state index in [1.165, 1.54) is 6.07 Å². The fourth-order valence-electron chi connectivity index (χ4n) is 3.01. The molecule has 0 aliphatic rings. The summed E-state index contributed by atoms with van der Waals surface area (Å²) >= 11 is 1.55. The van der Waals surface area contributed by atoms with Crippen molar-refractivity contribution in [1.82, 2.24) is 4.98 Å². The van der Waals surface area contributed by atoms with E-state index < -0.39 is 5.63 Å². The molecular formula is C22H18N2O4S. The molecule has 4 rings (SSSR count). The van der Waals surface area contributed by atoms with Crippen molar-refractivity contribution in [3.8, 4) is 5.75 Å². The van der Waals surface area contributed by atoms with E-state index in [0.717, 1.165) is 21.7 Å². The monoisotopic (exact) mass is 406 g/mol. The minimum absolute atomic E-state index is 0.287. The molecule has 4 aromatic rings. The third kappa shape index (κ3) is 4.20. The quantitative estimate of drug-likeness (QED) is 0.486. The van der Waals surface area contributed by atoms with Gasteiger partial charge in [0.05, 0.1) is 16.3 Å². The van der Waals surface area contributed by atoms with Crippen molar-refractivity contribution in [1.29, 1.82) is 0 Å². The Balaban J connectivity index is 1.55. The van der Waals surface area contributed by atoms with E-state index in [1.807, 2.05) is 31.4 Å². The molecular weight excluding hydrogens is 388 g/mol.